The van der Waals surface area contributed by atoms with Crippen molar-refractivity contribution in [1.29, 1.82) is 0 Å². The third-order valence-electron chi connectivity index (χ3n) is 4.06. The van der Waals surface area contributed by atoms with Crippen molar-refractivity contribution in [2.24, 2.45) is 11.8 Å². The predicted molar refractivity (Wildman–Crippen MR) is 67.6 cm³/mol. The highest BCUT2D eigenvalue weighted by Crippen LogP contribution is 2.46. The first kappa shape index (κ1) is 10.7. The molecular formula is C14H18OS. The summed E-state index contributed by atoms with van der Waals surface area (Å²) < 4.78 is 0. The summed E-state index contributed by atoms with van der Waals surface area (Å²) in [5, 5.41) is 10.5. The van der Waals surface area contributed by atoms with Gasteiger partial charge in [0.05, 0.1) is 6.10 Å². The molecule has 1 fully saturated rings. The Morgan fingerprint density at radius 3 is 2.88 bits per heavy atom. The molecule has 1 heterocycles. The van der Waals surface area contributed by atoms with Crippen LogP contribution in [-0.4, -0.2) is 10.9 Å². The zero-order valence-electron chi connectivity index (χ0n) is 9.43. The van der Waals surface area contributed by atoms with Crippen LogP contribution in [0.25, 0.3) is 0 Å². The van der Waals surface area contributed by atoms with E-state index >= 15 is 0 Å². The Hall–Kier alpha value is -0.470. The van der Waals surface area contributed by atoms with Crippen molar-refractivity contribution in [2.75, 3.05) is 5.75 Å². The Morgan fingerprint density at radius 1 is 1.12 bits per heavy atom. The molecule has 0 unspecified atom stereocenters. The van der Waals surface area contributed by atoms with Crippen molar-refractivity contribution in [1.82, 2.24) is 0 Å². The minimum atomic E-state index is -0.225. The monoisotopic (exact) mass is 234 g/mol. The molecule has 1 aromatic rings. The van der Waals surface area contributed by atoms with Gasteiger partial charge in [-0.2, -0.15) is 0 Å². The lowest BCUT2D eigenvalue weighted by Gasteiger charge is -2.32. The Bertz CT molecular complexity index is 377. The molecule has 0 amide bonds. The molecule has 0 aromatic heterocycles. The number of hydrogen-bond acceptors (Lipinski definition) is 2. The second-order valence-electron chi connectivity index (χ2n) is 5.00. The fourth-order valence-electron chi connectivity index (χ4n) is 3.14. The maximum atomic E-state index is 10.5. The quantitative estimate of drug-likeness (QED) is 0.739. The van der Waals surface area contributed by atoms with Gasteiger partial charge in [0.1, 0.15) is 0 Å². The minimum Gasteiger partial charge on any atom is -0.388 e. The van der Waals surface area contributed by atoms with Crippen molar-refractivity contribution in [3.8, 4) is 0 Å². The molecule has 1 saturated carbocycles. The second kappa shape index (κ2) is 4.42. The maximum Gasteiger partial charge on any atom is 0.0831 e. The molecule has 3 atom stereocenters. The van der Waals surface area contributed by atoms with Crippen LogP contribution in [0.3, 0.4) is 0 Å². The Balaban J connectivity index is 1.96. The average molecular weight is 234 g/mol. The summed E-state index contributed by atoms with van der Waals surface area (Å²) in [7, 11) is 0. The number of thioether (sulfide) groups is 1. The Kier molecular flexibility index (Phi) is 2.95. The molecule has 1 aliphatic carbocycles. The van der Waals surface area contributed by atoms with E-state index in [1.165, 1.54) is 41.9 Å². The lowest BCUT2D eigenvalue weighted by atomic mass is 9.75. The number of aliphatic hydroxyl groups excluding tert-OH is 1. The van der Waals surface area contributed by atoms with Gasteiger partial charge in [-0.25, -0.2) is 0 Å². The van der Waals surface area contributed by atoms with Crippen LogP contribution in [0.15, 0.2) is 29.2 Å². The van der Waals surface area contributed by atoms with E-state index in [4.69, 9.17) is 0 Å². The van der Waals surface area contributed by atoms with E-state index in [1.807, 2.05) is 17.8 Å². The summed E-state index contributed by atoms with van der Waals surface area (Å²) in [5.41, 5.74) is 1.17. The van der Waals surface area contributed by atoms with E-state index in [-0.39, 0.29) is 6.10 Å². The van der Waals surface area contributed by atoms with E-state index in [1.54, 1.807) is 0 Å². The van der Waals surface area contributed by atoms with Crippen molar-refractivity contribution >= 4 is 11.8 Å². The predicted octanol–water partition coefficient (Wildman–Crippen LogP) is 3.63. The molecule has 1 aliphatic heterocycles. The van der Waals surface area contributed by atoms with Gasteiger partial charge in [0.15, 0.2) is 0 Å². The first-order valence-electron chi connectivity index (χ1n) is 6.26. The van der Waals surface area contributed by atoms with Crippen molar-refractivity contribution in [2.45, 2.75) is 36.7 Å². The fourth-order valence-corrected chi connectivity index (χ4v) is 4.48. The van der Waals surface area contributed by atoms with Crippen LogP contribution >= 0.6 is 11.8 Å². The van der Waals surface area contributed by atoms with Gasteiger partial charge in [-0.1, -0.05) is 31.0 Å². The molecule has 86 valence electrons. The van der Waals surface area contributed by atoms with Gasteiger partial charge >= 0.3 is 0 Å². The normalized spacial score (nSPS) is 33.7. The van der Waals surface area contributed by atoms with Crippen LogP contribution in [0, 0.1) is 11.8 Å². The Labute approximate surface area is 101 Å². The average Bonchev–Trinajstić information content (AvgIpc) is 2.49. The molecule has 16 heavy (non-hydrogen) atoms. The smallest absolute Gasteiger partial charge is 0.0831 e. The summed E-state index contributed by atoms with van der Waals surface area (Å²) in [6, 6.07) is 8.38. The summed E-state index contributed by atoms with van der Waals surface area (Å²) >= 11 is 1.94. The van der Waals surface area contributed by atoms with Crippen LogP contribution in [0.2, 0.25) is 0 Å². The van der Waals surface area contributed by atoms with Crippen LogP contribution < -0.4 is 0 Å². The molecule has 2 aliphatic rings. The number of benzene rings is 1. The summed E-state index contributed by atoms with van der Waals surface area (Å²) in [4.78, 5) is 1.30. The first-order valence-corrected chi connectivity index (χ1v) is 7.24. The molecule has 3 rings (SSSR count). The SMILES string of the molecule is O[C@H]1c2ccccc2SC[C@H]2CCCC[C@H]21. The van der Waals surface area contributed by atoms with Gasteiger partial charge in [0.25, 0.3) is 0 Å². The molecular weight excluding hydrogens is 216 g/mol. The standard InChI is InChI=1S/C14H18OS/c15-14-11-6-2-1-5-10(11)9-16-13-8-4-3-7-12(13)14/h3-4,7-8,10-11,14-15H,1-2,5-6,9H2/t10-,11-,14-/m1/s1. The summed E-state index contributed by atoms with van der Waals surface area (Å²) in [5.74, 6) is 2.42. The number of hydrogen-bond donors (Lipinski definition) is 1. The third-order valence-corrected chi connectivity index (χ3v) is 5.34. The van der Waals surface area contributed by atoms with Gasteiger partial charge in [-0.15, -0.1) is 11.8 Å². The van der Waals surface area contributed by atoms with Gasteiger partial charge in [0.2, 0.25) is 0 Å². The largest absolute Gasteiger partial charge is 0.388 e. The van der Waals surface area contributed by atoms with Crippen LogP contribution in [0.4, 0.5) is 0 Å². The zero-order chi connectivity index (χ0) is 11.0. The number of aliphatic hydroxyl groups is 1. The van der Waals surface area contributed by atoms with Gasteiger partial charge in [-0.05, 0) is 36.3 Å². The lowest BCUT2D eigenvalue weighted by Crippen LogP contribution is -2.25. The summed E-state index contributed by atoms with van der Waals surface area (Å²) in [6.45, 7) is 0. The molecule has 1 aromatic carbocycles. The van der Waals surface area contributed by atoms with Crippen molar-refractivity contribution < 1.29 is 5.11 Å². The number of fused-ring (bicyclic) bond motifs is 2. The molecule has 0 saturated heterocycles. The highest BCUT2D eigenvalue weighted by Gasteiger charge is 2.34. The molecule has 1 nitrogen and oxygen atoms in total. The third kappa shape index (κ3) is 1.78. The molecule has 0 spiro atoms. The maximum absolute atomic E-state index is 10.5. The van der Waals surface area contributed by atoms with Crippen LogP contribution in [0.5, 0.6) is 0 Å². The van der Waals surface area contributed by atoms with Crippen LogP contribution in [0.1, 0.15) is 37.4 Å². The molecule has 0 radical (unpaired) electrons. The fraction of sp³-hybridized carbons (Fsp3) is 0.571. The number of rotatable bonds is 0. The van der Waals surface area contributed by atoms with E-state index in [2.05, 4.69) is 18.2 Å². The van der Waals surface area contributed by atoms with Gasteiger partial charge in [-0.3, -0.25) is 0 Å². The van der Waals surface area contributed by atoms with E-state index in [9.17, 15) is 5.11 Å². The summed E-state index contributed by atoms with van der Waals surface area (Å²) in [6.07, 6.45) is 4.94. The van der Waals surface area contributed by atoms with Crippen LogP contribution in [-0.2, 0) is 0 Å². The molecule has 1 N–H and O–H groups in total. The van der Waals surface area contributed by atoms with E-state index in [0.717, 1.165) is 5.92 Å². The minimum absolute atomic E-state index is 0.225. The van der Waals surface area contributed by atoms with E-state index in [0.29, 0.717) is 5.92 Å². The zero-order valence-corrected chi connectivity index (χ0v) is 10.2. The lowest BCUT2D eigenvalue weighted by molar-refractivity contribution is 0.0543. The topological polar surface area (TPSA) is 20.2 Å². The van der Waals surface area contributed by atoms with Crippen molar-refractivity contribution in [3.05, 3.63) is 29.8 Å². The second-order valence-corrected chi connectivity index (χ2v) is 6.06. The molecule has 0 bridgehead atoms. The van der Waals surface area contributed by atoms with Gasteiger partial charge in [0, 0.05) is 10.6 Å². The van der Waals surface area contributed by atoms with Crippen molar-refractivity contribution in [3.63, 3.8) is 0 Å². The first-order chi connectivity index (χ1) is 7.86. The molecule has 2 heteroatoms. The van der Waals surface area contributed by atoms with E-state index < -0.39 is 0 Å². The van der Waals surface area contributed by atoms with Gasteiger partial charge < -0.3 is 5.11 Å². The highest BCUT2D eigenvalue weighted by atomic mass is 32.2. The highest BCUT2D eigenvalue weighted by molar-refractivity contribution is 7.99. The Morgan fingerprint density at radius 2 is 1.94 bits per heavy atom.